The summed E-state index contributed by atoms with van der Waals surface area (Å²) in [4.78, 5) is 8.72. The van der Waals surface area contributed by atoms with Crippen LogP contribution in [-0.4, -0.2) is 26.3 Å². The molecular weight excluding hydrogens is 306 g/mol. The van der Waals surface area contributed by atoms with Gasteiger partial charge < -0.3 is 5.32 Å². The Morgan fingerprint density at radius 2 is 2.21 bits per heavy atom. The summed E-state index contributed by atoms with van der Waals surface area (Å²) in [6.07, 6.45) is 4.71. The van der Waals surface area contributed by atoms with Crippen LogP contribution in [0.5, 0.6) is 0 Å². The highest BCUT2D eigenvalue weighted by Gasteiger charge is 2.10. The molecule has 0 saturated carbocycles. The van der Waals surface area contributed by atoms with Crippen LogP contribution in [0.1, 0.15) is 38.8 Å². The summed E-state index contributed by atoms with van der Waals surface area (Å²) in [6.45, 7) is 7.21. The van der Waals surface area contributed by atoms with Gasteiger partial charge in [-0.3, -0.25) is 0 Å². The third-order valence-corrected chi connectivity index (χ3v) is 3.24. The number of nitrogens with zero attached hydrogens (tertiary/aromatic N) is 4. The van der Waals surface area contributed by atoms with E-state index < -0.39 is 0 Å². The molecule has 0 radical (unpaired) electrons. The minimum atomic E-state index is 0.402. The predicted molar refractivity (Wildman–Crippen MR) is 79.7 cm³/mol. The van der Waals surface area contributed by atoms with Gasteiger partial charge in [-0.1, -0.05) is 20.8 Å². The molecule has 2 rings (SSSR count). The lowest BCUT2D eigenvalue weighted by Gasteiger charge is -2.07. The van der Waals surface area contributed by atoms with Gasteiger partial charge >= 0.3 is 0 Å². The number of anilines is 1. The number of rotatable bonds is 5. The Hall–Kier alpha value is -1.43. The molecular formula is C13H18BrN5. The van der Waals surface area contributed by atoms with Crippen LogP contribution in [0.2, 0.25) is 0 Å². The Labute approximate surface area is 121 Å². The molecule has 0 spiro atoms. The van der Waals surface area contributed by atoms with E-state index >= 15 is 0 Å². The lowest BCUT2D eigenvalue weighted by molar-refractivity contribution is 0.753. The molecule has 0 amide bonds. The number of hydrogen-bond acceptors (Lipinski definition) is 4. The molecule has 2 aromatic rings. The number of halogens is 1. The summed E-state index contributed by atoms with van der Waals surface area (Å²) < 4.78 is 2.60. The quantitative estimate of drug-likeness (QED) is 0.916. The van der Waals surface area contributed by atoms with Crippen LogP contribution >= 0.6 is 15.9 Å². The molecule has 1 N–H and O–H groups in total. The maximum Gasteiger partial charge on any atom is 0.224 e. The summed E-state index contributed by atoms with van der Waals surface area (Å²) in [5.74, 6) is 1.78. The zero-order chi connectivity index (χ0) is 13.8. The highest BCUT2D eigenvalue weighted by molar-refractivity contribution is 9.10. The third-order valence-electron chi connectivity index (χ3n) is 2.68. The SMILES string of the molecule is CCCNc1ncc(Br)c(-n2ccc(C(C)C)n2)n1. The summed E-state index contributed by atoms with van der Waals surface area (Å²) in [5, 5.41) is 7.71. The summed E-state index contributed by atoms with van der Waals surface area (Å²) >= 11 is 3.47. The van der Waals surface area contributed by atoms with Crippen molar-refractivity contribution >= 4 is 21.9 Å². The van der Waals surface area contributed by atoms with Gasteiger partial charge in [-0.25, -0.2) is 9.67 Å². The molecule has 5 nitrogen and oxygen atoms in total. The van der Waals surface area contributed by atoms with Gasteiger partial charge in [0, 0.05) is 18.9 Å². The fraction of sp³-hybridized carbons (Fsp3) is 0.462. The second-order valence-electron chi connectivity index (χ2n) is 4.63. The van der Waals surface area contributed by atoms with Gasteiger partial charge in [-0.15, -0.1) is 0 Å². The van der Waals surface area contributed by atoms with Gasteiger partial charge in [-0.05, 0) is 34.3 Å². The Morgan fingerprint density at radius 1 is 1.42 bits per heavy atom. The van der Waals surface area contributed by atoms with Crippen LogP contribution in [-0.2, 0) is 0 Å². The normalized spacial score (nSPS) is 11.0. The zero-order valence-electron chi connectivity index (χ0n) is 11.4. The van der Waals surface area contributed by atoms with Crippen LogP contribution in [0.15, 0.2) is 22.9 Å². The molecule has 19 heavy (non-hydrogen) atoms. The van der Waals surface area contributed by atoms with Crippen molar-refractivity contribution in [3.8, 4) is 5.82 Å². The van der Waals surface area contributed by atoms with Crippen molar-refractivity contribution in [2.45, 2.75) is 33.1 Å². The van der Waals surface area contributed by atoms with Crippen molar-refractivity contribution < 1.29 is 0 Å². The van der Waals surface area contributed by atoms with E-state index in [0.29, 0.717) is 11.9 Å². The van der Waals surface area contributed by atoms with Crippen molar-refractivity contribution in [3.63, 3.8) is 0 Å². The van der Waals surface area contributed by atoms with E-state index in [1.54, 1.807) is 10.9 Å². The highest BCUT2D eigenvalue weighted by atomic mass is 79.9. The smallest absolute Gasteiger partial charge is 0.224 e. The fourth-order valence-corrected chi connectivity index (χ4v) is 1.98. The number of nitrogens with one attached hydrogen (secondary N) is 1. The lowest BCUT2D eigenvalue weighted by Crippen LogP contribution is -2.08. The molecule has 0 saturated heterocycles. The molecule has 0 unspecified atom stereocenters. The highest BCUT2D eigenvalue weighted by Crippen LogP contribution is 2.20. The van der Waals surface area contributed by atoms with Gasteiger partial charge in [0.15, 0.2) is 5.82 Å². The van der Waals surface area contributed by atoms with Crippen molar-refractivity contribution in [2.75, 3.05) is 11.9 Å². The first kappa shape index (κ1) is 14.0. The first-order valence-electron chi connectivity index (χ1n) is 6.44. The second-order valence-corrected chi connectivity index (χ2v) is 5.49. The van der Waals surface area contributed by atoms with Crippen molar-refractivity contribution in [2.24, 2.45) is 0 Å². The molecule has 0 fully saturated rings. The molecule has 0 aliphatic carbocycles. The summed E-state index contributed by atoms with van der Waals surface area (Å²) in [7, 11) is 0. The standard InChI is InChI=1S/C13H18BrN5/c1-4-6-15-13-16-8-10(14)12(17-13)19-7-5-11(18-19)9(2)3/h5,7-9H,4,6H2,1-3H3,(H,15,16,17). The van der Waals surface area contributed by atoms with E-state index in [1.165, 1.54) is 0 Å². The molecule has 2 aromatic heterocycles. The Morgan fingerprint density at radius 3 is 2.84 bits per heavy atom. The monoisotopic (exact) mass is 323 g/mol. The van der Waals surface area contributed by atoms with E-state index in [4.69, 9.17) is 0 Å². The van der Waals surface area contributed by atoms with Crippen LogP contribution < -0.4 is 5.32 Å². The summed E-state index contributed by atoms with van der Waals surface area (Å²) in [6, 6.07) is 2.01. The number of aromatic nitrogens is 4. The first-order valence-corrected chi connectivity index (χ1v) is 7.23. The van der Waals surface area contributed by atoms with E-state index in [1.807, 2.05) is 12.3 Å². The molecule has 102 valence electrons. The molecule has 0 aliphatic heterocycles. The first-order chi connectivity index (χ1) is 9.11. The predicted octanol–water partition coefficient (Wildman–Crippen LogP) is 3.37. The van der Waals surface area contributed by atoms with Gasteiger partial charge in [0.25, 0.3) is 0 Å². The van der Waals surface area contributed by atoms with Gasteiger partial charge in [0.1, 0.15) is 0 Å². The second kappa shape index (κ2) is 6.14. The zero-order valence-corrected chi connectivity index (χ0v) is 13.0. The summed E-state index contributed by atoms with van der Waals surface area (Å²) in [5.41, 5.74) is 1.05. The third kappa shape index (κ3) is 3.32. The van der Waals surface area contributed by atoms with Crippen LogP contribution in [0.25, 0.3) is 5.82 Å². The maximum absolute atomic E-state index is 4.53. The lowest BCUT2D eigenvalue weighted by atomic mass is 10.1. The van der Waals surface area contributed by atoms with E-state index in [2.05, 4.69) is 57.1 Å². The van der Waals surface area contributed by atoms with Gasteiger partial charge in [0.2, 0.25) is 5.95 Å². The average Bonchev–Trinajstić information content (AvgIpc) is 2.87. The van der Waals surface area contributed by atoms with Gasteiger partial charge in [-0.2, -0.15) is 10.1 Å². The Balaban J connectivity index is 2.31. The van der Waals surface area contributed by atoms with Crippen LogP contribution in [0.4, 0.5) is 5.95 Å². The minimum absolute atomic E-state index is 0.402. The van der Waals surface area contributed by atoms with Gasteiger partial charge in [0.05, 0.1) is 10.2 Å². The molecule has 0 aromatic carbocycles. The van der Waals surface area contributed by atoms with Crippen LogP contribution in [0.3, 0.4) is 0 Å². The Kier molecular flexibility index (Phi) is 4.52. The largest absolute Gasteiger partial charge is 0.354 e. The Bertz CT molecular complexity index is 550. The molecule has 6 heteroatoms. The minimum Gasteiger partial charge on any atom is -0.354 e. The van der Waals surface area contributed by atoms with Crippen molar-refractivity contribution in [3.05, 3.63) is 28.6 Å². The number of hydrogen-bond donors (Lipinski definition) is 1. The van der Waals surface area contributed by atoms with E-state index in [0.717, 1.165) is 29.0 Å². The molecule has 2 heterocycles. The van der Waals surface area contributed by atoms with Crippen molar-refractivity contribution in [1.82, 2.24) is 19.7 Å². The molecule has 0 bridgehead atoms. The van der Waals surface area contributed by atoms with E-state index in [-0.39, 0.29) is 0 Å². The topological polar surface area (TPSA) is 55.6 Å². The van der Waals surface area contributed by atoms with Crippen molar-refractivity contribution in [1.29, 1.82) is 0 Å². The van der Waals surface area contributed by atoms with Crippen LogP contribution in [0, 0.1) is 0 Å². The molecule has 0 aliphatic rings. The fourth-order valence-electron chi connectivity index (χ4n) is 1.60. The molecule has 0 atom stereocenters. The maximum atomic E-state index is 4.53. The van der Waals surface area contributed by atoms with E-state index in [9.17, 15) is 0 Å². The average molecular weight is 324 g/mol.